The van der Waals surface area contributed by atoms with Crippen molar-refractivity contribution < 1.29 is 4.74 Å². The van der Waals surface area contributed by atoms with Gasteiger partial charge in [-0.25, -0.2) is 4.98 Å². The topological polar surface area (TPSA) is 22.1 Å². The monoisotopic (exact) mass is 295 g/mol. The Bertz CT molecular complexity index is 708. The van der Waals surface area contributed by atoms with Crippen LogP contribution in [0.4, 0.5) is 0 Å². The van der Waals surface area contributed by atoms with Gasteiger partial charge in [0, 0.05) is 5.56 Å². The fourth-order valence-electron chi connectivity index (χ4n) is 2.87. The van der Waals surface area contributed by atoms with Crippen LogP contribution in [0.5, 0.6) is 5.75 Å². The van der Waals surface area contributed by atoms with Gasteiger partial charge in [-0.05, 0) is 62.1 Å². The van der Waals surface area contributed by atoms with Crippen LogP contribution >= 0.6 is 11.3 Å². The van der Waals surface area contributed by atoms with E-state index in [-0.39, 0.29) is 0 Å². The Labute approximate surface area is 128 Å². The van der Waals surface area contributed by atoms with Gasteiger partial charge in [-0.3, -0.25) is 0 Å². The minimum Gasteiger partial charge on any atom is -0.490 e. The van der Waals surface area contributed by atoms with Crippen molar-refractivity contribution in [3.05, 3.63) is 48.5 Å². The maximum Gasteiger partial charge on any atom is 0.124 e. The Balaban J connectivity index is 1.57. The van der Waals surface area contributed by atoms with E-state index < -0.39 is 0 Å². The average molecular weight is 295 g/mol. The van der Waals surface area contributed by atoms with Crippen LogP contribution in [0.25, 0.3) is 20.8 Å². The van der Waals surface area contributed by atoms with Crippen molar-refractivity contribution >= 4 is 21.6 Å². The number of hydrogen-bond donors (Lipinski definition) is 0. The van der Waals surface area contributed by atoms with E-state index >= 15 is 0 Å². The molecule has 3 aromatic rings. The molecule has 1 aromatic heterocycles. The van der Waals surface area contributed by atoms with Crippen molar-refractivity contribution in [2.24, 2.45) is 0 Å². The summed E-state index contributed by atoms with van der Waals surface area (Å²) in [7, 11) is 0. The maximum atomic E-state index is 6.01. The minimum absolute atomic E-state index is 0.415. The first-order valence-electron chi connectivity index (χ1n) is 7.51. The van der Waals surface area contributed by atoms with E-state index in [4.69, 9.17) is 9.72 Å². The SMILES string of the molecule is c1ccc2sc(-c3ccc(OC4CCCC4)cc3)nc2c1. The van der Waals surface area contributed by atoms with Crippen LogP contribution in [0.3, 0.4) is 0 Å². The number of hydrogen-bond acceptors (Lipinski definition) is 3. The number of thiazole rings is 1. The van der Waals surface area contributed by atoms with E-state index in [0.717, 1.165) is 21.8 Å². The van der Waals surface area contributed by atoms with Crippen molar-refractivity contribution in [1.82, 2.24) is 4.98 Å². The van der Waals surface area contributed by atoms with E-state index in [1.54, 1.807) is 11.3 Å². The Hall–Kier alpha value is -1.87. The summed E-state index contributed by atoms with van der Waals surface area (Å²) in [6.07, 6.45) is 5.40. The molecule has 0 atom stereocenters. The third-order valence-electron chi connectivity index (χ3n) is 4.00. The summed E-state index contributed by atoms with van der Waals surface area (Å²) in [5.41, 5.74) is 2.23. The molecule has 1 fully saturated rings. The van der Waals surface area contributed by atoms with E-state index in [1.165, 1.54) is 30.4 Å². The van der Waals surface area contributed by atoms with E-state index in [1.807, 2.05) is 6.07 Å². The summed E-state index contributed by atoms with van der Waals surface area (Å²) in [5.74, 6) is 0.978. The highest BCUT2D eigenvalue weighted by Crippen LogP contribution is 2.31. The van der Waals surface area contributed by atoms with Gasteiger partial charge < -0.3 is 4.74 Å². The van der Waals surface area contributed by atoms with Gasteiger partial charge in [0.25, 0.3) is 0 Å². The molecule has 1 aliphatic rings. The Morgan fingerprint density at radius 3 is 2.48 bits per heavy atom. The zero-order valence-corrected chi connectivity index (χ0v) is 12.6. The number of benzene rings is 2. The molecule has 0 radical (unpaired) electrons. The van der Waals surface area contributed by atoms with Crippen LogP contribution in [0.2, 0.25) is 0 Å². The van der Waals surface area contributed by atoms with Crippen LogP contribution in [-0.4, -0.2) is 11.1 Å². The second kappa shape index (κ2) is 5.49. The lowest BCUT2D eigenvalue weighted by Crippen LogP contribution is -2.10. The zero-order chi connectivity index (χ0) is 14.1. The first-order valence-corrected chi connectivity index (χ1v) is 8.33. The summed E-state index contributed by atoms with van der Waals surface area (Å²) >= 11 is 1.74. The lowest BCUT2D eigenvalue weighted by Gasteiger charge is -2.12. The molecule has 0 bridgehead atoms. The Morgan fingerprint density at radius 1 is 0.952 bits per heavy atom. The van der Waals surface area contributed by atoms with Crippen molar-refractivity contribution in [3.8, 4) is 16.3 Å². The standard InChI is InChI=1S/C18H17NOS/c1-2-6-14(5-1)20-15-11-9-13(10-12-15)18-19-16-7-3-4-8-17(16)21-18/h3-4,7-12,14H,1-2,5-6H2. The first kappa shape index (κ1) is 12.8. The normalized spacial score (nSPS) is 15.6. The van der Waals surface area contributed by atoms with Gasteiger partial charge in [-0.15, -0.1) is 11.3 Å². The molecular formula is C18H17NOS. The molecule has 1 saturated carbocycles. The lowest BCUT2D eigenvalue weighted by atomic mass is 10.2. The maximum absolute atomic E-state index is 6.01. The number of nitrogens with zero attached hydrogens (tertiary/aromatic N) is 1. The highest BCUT2D eigenvalue weighted by molar-refractivity contribution is 7.21. The van der Waals surface area contributed by atoms with Crippen LogP contribution in [0.15, 0.2) is 48.5 Å². The molecule has 0 aliphatic heterocycles. The largest absolute Gasteiger partial charge is 0.490 e. The molecule has 0 amide bonds. The van der Waals surface area contributed by atoms with Gasteiger partial charge in [0.15, 0.2) is 0 Å². The van der Waals surface area contributed by atoms with E-state index in [2.05, 4.69) is 42.5 Å². The molecule has 2 aromatic carbocycles. The molecular weight excluding hydrogens is 278 g/mol. The van der Waals surface area contributed by atoms with E-state index in [0.29, 0.717) is 6.10 Å². The summed E-state index contributed by atoms with van der Waals surface area (Å²) in [4.78, 5) is 4.69. The summed E-state index contributed by atoms with van der Waals surface area (Å²) < 4.78 is 7.24. The highest BCUT2D eigenvalue weighted by Gasteiger charge is 2.16. The molecule has 0 saturated heterocycles. The number of para-hydroxylation sites is 1. The van der Waals surface area contributed by atoms with Crippen molar-refractivity contribution in [2.45, 2.75) is 31.8 Å². The lowest BCUT2D eigenvalue weighted by molar-refractivity contribution is 0.210. The van der Waals surface area contributed by atoms with Crippen LogP contribution in [-0.2, 0) is 0 Å². The zero-order valence-electron chi connectivity index (χ0n) is 11.8. The van der Waals surface area contributed by atoms with Crippen molar-refractivity contribution in [3.63, 3.8) is 0 Å². The molecule has 4 rings (SSSR count). The second-order valence-electron chi connectivity index (χ2n) is 5.54. The van der Waals surface area contributed by atoms with Gasteiger partial charge >= 0.3 is 0 Å². The predicted octanol–water partition coefficient (Wildman–Crippen LogP) is 5.28. The van der Waals surface area contributed by atoms with Crippen molar-refractivity contribution in [2.75, 3.05) is 0 Å². The van der Waals surface area contributed by atoms with Gasteiger partial charge in [0.2, 0.25) is 0 Å². The summed E-state index contributed by atoms with van der Waals surface area (Å²) in [6, 6.07) is 16.6. The molecule has 106 valence electrons. The molecule has 0 unspecified atom stereocenters. The Morgan fingerprint density at radius 2 is 1.71 bits per heavy atom. The predicted molar refractivity (Wildman–Crippen MR) is 87.9 cm³/mol. The Kier molecular flexibility index (Phi) is 3.36. The van der Waals surface area contributed by atoms with Gasteiger partial charge in [0.1, 0.15) is 10.8 Å². The highest BCUT2D eigenvalue weighted by atomic mass is 32.1. The molecule has 1 aliphatic carbocycles. The van der Waals surface area contributed by atoms with Crippen molar-refractivity contribution in [1.29, 1.82) is 0 Å². The fourth-order valence-corrected chi connectivity index (χ4v) is 3.84. The molecule has 3 heteroatoms. The van der Waals surface area contributed by atoms with Crippen LogP contribution in [0, 0.1) is 0 Å². The smallest absolute Gasteiger partial charge is 0.124 e. The van der Waals surface area contributed by atoms with Gasteiger partial charge in [-0.1, -0.05) is 12.1 Å². The number of fused-ring (bicyclic) bond motifs is 1. The molecule has 2 nitrogen and oxygen atoms in total. The quantitative estimate of drug-likeness (QED) is 0.655. The summed E-state index contributed by atoms with van der Waals surface area (Å²) in [5, 5.41) is 1.07. The molecule has 0 N–H and O–H groups in total. The molecule has 1 heterocycles. The average Bonchev–Trinajstić information content (AvgIpc) is 3.16. The second-order valence-corrected chi connectivity index (χ2v) is 6.57. The van der Waals surface area contributed by atoms with Gasteiger partial charge in [-0.2, -0.15) is 0 Å². The minimum atomic E-state index is 0.415. The third-order valence-corrected chi connectivity index (χ3v) is 5.09. The molecule has 0 spiro atoms. The third kappa shape index (κ3) is 2.66. The number of rotatable bonds is 3. The number of ether oxygens (including phenoxy) is 1. The fraction of sp³-hybridized carbons (Fsp3) is 0.278. The molecule has 21 heavy (non-hydrogen) atoms. The first-order chi connectivity index (χ1) is 10.4. The summed E-state index contributed by atoms with van der Waals surface area (Å²) in [6.45, 7) is 0. The number of aromatic nitrogens is 1. The van der Waals surface area contributed by atoms with Crippen LogP contribution in [0.1, 0.15) is 25.7 Å². The van der Waals surface area contributed by atoms with Gasteiger partial charge in [0.05, 0.1) is 16.3 Å². The van der Waals surface area contributed by atoms with E-state index in [9.17, 15) is 0 Å². The van der Waals surface area contributed by atoms with Crippen LogP contribution < -0.4 is 4.74 Å².